The van der Waals surface area contributed by atoms with E-state index in [0.29, 0.717) is 22.8 Å². The molecule has 7 nitrogen and oxygen atoms in total. The van der Waals surface area contributed by atoms with Crippen LogP contribution in [0.2, 0.25) is 0 Å². The number of hydrazine groups is 1. The number of rotatable bonds is 4. The Kier molecular flexibility index (Phi) is 4.38. The zero-order valence-corrected chi connectivity index (χ0v) is 13.7. The lowest BCUT2D eigenvalue weighted by atomic mass is 10.2. The molecule has 2 heterocycles. The summed E-state index contributed by atoms with van der Waals surface area (Å²) in [5.41, 5.74) is 3.27. The van der Waals surface area contributed by atoms with Gasteiger partial charge in [0.05, 0.1) is 17.9 Å². The molecule has 1 N–H and O–H groups in total. The third-order valence-electron chi connectivity index (χ3n) is 3.58. The van der Waals surface area contributed by atoms with Gasteiger partial charge in [0.15, 0.2) is 0 Å². The SMILES string of the molecule is CCOC(=O)c1ccc(N2NC(=O)C(=Cc3ccc(C)o3)C2=O)cc1. The second kappa shape index (κ2) is 6.64. The molecule has 2 aromatic rings. The monoisotopic (exact) mass is 340 g/mol. The summed E-state index contributed by atoms with van der Waals surface area (Å²) in [7, 11) is 0. The topological polar surface area (TPSA) is 88.8 Å². The highest BCUT2D eigenvalue weighted by atomic mass is 16.5. The first-order valence-corrected chi connectivity index (χ1v) is 7.70. The fraction of sp³-hybridized carbons (Fsp3) is 0.167. The lowest BCUT2D eigenvalue weighted by Gasteiger charge is -2.14. The van der Waals surface area contributed by atoms with E-state index in [1.165, 1.54) is 18.2 Å². The summed E-state index contributed by atoms with van der Waals surface area (Å²) in [6.07, 6.45) is 1.40. The van der Waals surface area contributed by atoms with E-state index in [-0.39, 0.29) is 12.2 Å². The molecule has 0 unspecified atom stereocenters. The Labute approximate surface area is 143 Å². The van der Waals surface area contributed by atoms with Gasteiger partial charge in [0, 0.05) is 0 Å². The van der Waals surface area contributed by atoms with Crippen molar-refractivity contribution in [3.05, 3.63) is 59.1 Å². The zero-order chi connectivity index (χ0) is 18.0. The molecule has 1 fully saturated rings. The van der Waals surface area contributed by atoms with Crippen LogP contribution < -0.4 is 10.4 Å². The highest BCUT2D eigenvalue weighted by Gasteiger charge is 2.34. The van der Waals surface area contributed by atoms with E-state index >= 15 is 0 Å². The van der Waals surface area contributed by atoms with E-state index in [0.717, 1.165) is 5.01 Å². The average Bonchev–Trinajstić information content (AvgIpc) is 3.13. The van der Waals surface area contributed by atoms with Gasteiger partial charge in [-0.05, 0) is 56.3 Å². The summed E-state index contributed by atoms with van der Waals surface area (Å²) in [6, 6.07) is 9.61. The van der Waals surface area contributed by atoms with Gasteiger partial charge in [-0.15, -0.1) is 0 Å². The molecule has 1 saturated heterocycles. The Hall–Kier alpha value is -3.35. The standard InChI is InChI=1S/C18H16N2O5/c1-3-24-18(23)12-5-7-13(8-6-12)20-17(22)15(16(21)19-20)10-14-9-4-11(2)25-14/h4-10H,3H2,1-2H3,(H,19,21). The maximum absolute atomic E-state index is 12.5. The molecule has 25 heavy (non-hydrogen) atoms. The minimum absolute atomic E-state index is 0.0242. The molecule has 7 heteroatoms. The van der Waals surface area contributed by atoms with Crippen molar-refractivity contribution in [2.75, 3.05) is 11.6 Å². The number of carbonyl (C=O) groups is 3. The number of aryl methyl sites for hydroxylation is 1. The predicted molar refractivity (Wildman–Crippen MR) is 89.4 cm³/mol. The molecule has 0 bridgehead atoms. The van der Waals surface area contributed by atoms with Crippen molar-refractivity contribution in [2.45, 2.75) is 13.8 Å². The molecule has 0 saturated carbocycles. The van der Waals surface area contributed by atoms with Crippen LogP contribution in [0.4, 0.5) is 5.69 Å². The number of ether oxygens (including phenoxy) is 1. The number of benzene rings is 1. The Morgan fingerprint density at radius 3 is 2.52 bits per heavy atom. The largest absolute Gasteiger partial charge is 0.462 e. The second-order valence-corrected chi connectivity index (χ2v) is 5.36. The molecule has 3 rings (SSSR count). The summed E-state index contributed by atoms with van der Waals surface area (Å²) in [4.78, 5) is 36.2. The third-order valence-corrected chi connectivity index (χ3v) is 3.58. The van der Waals surface area contributed by atoms with Crippen LogP contribution in [0.5, 0.6) is 0 Å². The van der Waals surface area contributed by atoms with Gasteiger partial charge >= 0.3 is 5.97 Å². The van der Waals surface area contributed by atoms with Crippen molar-refractivity contribution < 1.29 is 23.5 Å². The van der Waals surface area contributed by atoms with Crippen molar-refractivity contribution in [1.82, 2.24) is 5.43 Å². The number of hydrogen-bond acceptors (Lipinski definition) is 5. The Morgan fingerprint density at radius 2 is 1.92 bits per heavy atom. The van der Waals surface area contributed by atoms with Crippen molar-refractivity contribution >= 4 is 29.5 Å². The fourth-order valence-corrected chi connectivity index (χ4v) is 2.37. The number of furan rings is 1. The van der Waals surface area contributed by atoms with Crippen molar-refractivity contribution in [1.29, 1.82) is 0 Å². The van der Waals surface area contributed by atoms with Gasteiger partial charge in [0.25, 0.3) is 11.8 Å². The van der Waals surface area contributed by atoms with Gasteiger partial charge in [-0.1, -0.05) is 0 Å². The number of hydrogen-bond donors (Lipinski definition) is 1. The molecule has 1 aliphatic heterocycles. The van der Waals surface area contributed by atoms with E-state index in [1.54, 1.807) is 38.1 Å². The van der Waals surface area contributed by atoms with Crippen molar-refractivity contribution in [3.8, 4) is 0 Å². The molecule has 1 aromatic carbocycles. The van der Waals surface area contributed by atoms with E-state index in [2.05, 4.69) is 5.43 Å². The molecular formula is C18H16N2O5. The highest BCUT2D eigenvalue weighted by Crippen LogP contribution is 2.22. The van der Waals surface area contributed by atoms with Crippen LogP contribution in [0.15, 0.2) is 46.4 Å². The maximum atomic E-state index is 12.5. The van der Waals surface area contributed by atoms with Crippen LogP contribution in [0.25, 0.3) is 6.08 Å². The molecule has 1 aliphatic rings. The Balaban J connectivity index is 1.82. The number of amides is 2. The van der Waals surface area contributed by atoms with Crippen LogP contribution >= 0.6 is 0 Å². The normalized spacial score (nSPS) is 15.6. The van der Waals surface area contributed by atoms with E-state index in [9.17, 15) is 14.4 Å². The van der Waals surface area contributed by atoms with Crippen LogP contribution in [0.1, 0.15) is 28.8 Å². The van der Waals surface area contributed by atoms with Gasteiger partial charge in [-0.25, -0.2) is 9.80 Å². The number of carbonyl (C=O) groups excluding carboxylic acids is 3. The molecule has 0 radical (unpaired) electrons. The predicted octanol–water partition coefficient (Wildman–Crippen LogP) is 2.23. The molecule has 0 atom stereocenters. The minimum atomic E-state index is -0.520. The number of nitrogens with zero attached hydrogens (tertiary/aromatic N) is 1. The molecular weight excluding hydrogens is 324 g/mol. The number of anilines is 1. The first-order chi connectivity index (χ1) is 12.0. The highest BCUT2D eigenvalue weighted by molar-refractivity contribution is 6.31. The first-order valence-electron chi connectivity index (χ1n) is 7.70. The third kappa shape index (κ3) is 3.30. The summed E-state index contributed by atoms with van der Waals surface area (Å²) in [5.74, 6) is -0.351. The molecule has 1 aromatic heterocycles. The quantitative estimate of drug-likeness (QED) is 0.524. The van der Waals surface area contributed by atoms with Gasteiger partial charge in [0.1, 0.15) is 17.1 Å². The molecule has 128 valence electrons. The van der Waals surface area contributed by atoms with E-state index < -0.39 is 17.8 Å². The summed E-state index contributed by atoms with van der Waals surface area (Å²) in [6.45, 7) is 3.77. The van der Waals surface area contributed by atoms with Crippen LogP contribution in [-0.2, 0) is 14.3 Å². The van der Waals surface area contributed by atoms with Crippen LogP contribution in [-0.4, -0.2) is 24.4 Å². The molecule has 0 aliphatic carbocycles. The van der Waals surface area contributed by atoms with Crippen LogP contribution in [0.3, 0.4) is 0 Å². The smallest absolute Gasteiger partial charge is 0.338 e. The van der Waals surface area contributed by atoms with Gasteiger partial charge in [0.2, 0.25) is 0 Å². The van der Waals surface area contributed by atoms with Crippen molar-refractivity contribution in [3.63, 3.8) is 0 Å². The van der Waals surface area contributed by atoms with Crippen LogP contribution in [0, 0.1) is 6.92 Å². The lowest BCUT2D eigenvalue weighted by molar-refractivity contribution is -0.117. The fourth-order valence-electron chi connectivity index (χ4n) is 2.37. The Bertz CT molecular complexity index is 864. The number of nitrogens with one attached hydrogen (secondary N) is 1. The summed E-state index contributed by atoms with van der Waals surface area (Å²) >= 11 is 0. The molecule has 0 spiro atoms. The number of esters is 1. The first kappa shape index (κ1) is 16.5. The minimum Gasteiger partial charge on any atom is -0.462 e. The molecule has 2 amide bonds. The average molecular weight is 340 g/mol. The Morgan fingerprint density at radius 1 is 1.20 bits per heavy atom. The maximum Gasteiger partial charge on any atom is 0.338 e. The van der Waals surface area contributed by atoms with E-state index in [1.807, 2.05) is 0 Å². The van der Waals surface area contributed by atoms with Crippen molar-refractivity contribution in [2.24, 2.45) is 0 Å². The zero-order valence-electron chi connectivity index (χ0n) is 13.7. The lowest BCUT2D eigenvalue weighted by Crippen LogP contribution is -2.35. The van der Waals surface area contributed by atoms with E-state index in [4.69, 9.17) is 9.15 Å². The van der Waals surface area contributed by atoms with Gasteiger partial charge < -0.3 is 9.15 Å². The van der Waals surface area contributed by atoms with Gasteiger partial charge in [-0.3, -0.25) is 15.0 Å². The summed E-state index contributed by atoms with van der Waals surface area (Å²) in [5, 5.41) is 1.12. The van der Waals surface area contributed by atoms with Gasteiger partial charge in [-0.2, -0.15) is 0 Å². The second-order valence-electron chi connectivity index (χ2n) is 5.36. The summed E-state index contributed by atoms with van der Waals surface area (Å²) < 4.78 is 10.3.